The first-order chi connectivity index (χ1) is 9.95. The van der Waals surface area contributed by atoms with Gasteiger partial charge in [-0.25, -0.2) is 8.78 Å². The van der Waals surface area contributed by atoms with Gasteiger partial charge in [0, 0.05) is 11.6 Å². The molecule has 1 fully saturated rings. The summed E-state index contributed by atoms with van der Waals surface area (Å²) in [6.45, 7) is 6.70. The van der Waals surface area contributed by atoms with Crippen LogP contribution in [0, 0.1) is 11.6 Å². The number of piperidine rings is 1. The van der Waals surface area contributed by atoms with Gasteiger partial charge in [-0.05, 0) is 70.9 Å². The molecule has 1 N–H and O–H groups in total. The number of benzene rings is 1. The molecule has 0 aromatic heterocycles. The van der Waals surface area contributed by atoms with Crippen molar-refractivity contribution < 1.29 is 8.78 Å². The van der Waals surface area contributed by atoms with Crippen molar-refractivity contribution in [2.75, 3.05) is 20.1 Å². The molecule has 0 saturated carbocycles. The van der Waals surface area contributed by atoms with Crippen LogP contribution in [0.25, 0.3) is 0 Å². The van der Waals surface area contributed by atoms with Gasteiger partial charge in [0.15, 0.2) is 11.6 Å². The fourth-order valence-corrected chi connectivity index (χ4v) is 3.30. The van der Waals surface area contributed by atoms with Gasteiger partial charge in [-0.3, -0.25) is 4.90 Å². The molecule has 1 heterocycles. The number of hydrogen-bond acceptors (Lipinski definition) is 2. The summed E-state index contributed by atoms with van der Waals surface area (Å²) in [5, 5.41) is 3.36. The third kappa shape index (κ3) is 3.80. The van der Waals surface area contributed by atoms with E-state index in [2.05, 4.69) is 24.1 Å². The monoisotopic (exact) mass is 296 g/mol. The maximum atomic E-state index is 13.4. The lowest BCUT2D eigenvalue weighted by molar-refractivity contribution is 0.0635. The lowest BCUT2D eigenvalue weighted by Gasteiger charge is -2.46. The minimum Gasteiger partial charge on any atom is -0.315 e. The summed E-state index contributed by atoms with van der Waals surface area (Å²) in [5.41, 5.74) is 0.818. The van der Waals surface area contributed by atoms with Gasteiger partial charge in [0.1, 0.15) is 0 Å². The van der Waals surface area contributed by atoms with Crippen molar-refractivity contribution >= 4 is 0 Å². The fraction of sp³-hybridized carbons (Fsp3) is 0.647. The number of likely N-dealkylation sites (N-methyl/N-ethyl adjacent to an activating group) is 1. The Morgan fingerprint density at radius 1 is 1.14 bits per heavy atom. The van der Waals surface area contributed by atoms with E-state index in [1.54, 1.807) is 6.07 Å². The molecule has 1 aliphatic heterocycles. The number of nitrogens with zero attached hydrogens (tertiary/aromatic N) is 1. The quantitative estimate of drug-likeness (QED) is 0.896. The molecule has 4 heteroatoms. The predicted octanol–water partition coefficient (Wildman–Crippen LogP) is 3.36. The number of rotatable bonds is 5. The Kier molecular flexibility index (Phi) is 5.33. The van der Waals surface area contributed by atoms with Gasteiger partial charge in [0.25, 0.3) is 0 Å². The second-order valence-corrected chi connectivity index (χ2v) is 6.50. The average molecular weight is 296 g/mol. The number of nitrogens with one attached hydrogen (secondary N) is 1. The summed E-state index contributed by atoms with van der Waals surface area (Å²) in [4.78, 5) is 2.51. The summed E-state index contributed by atoms with van der Waals surface area (Å²) in [6, 6.07) is 4.40. The minimum atomic E-state index is -0.782. The van der Waals surface area contributed by atoms with Crippen LogP contribution in [-0.2, 0) is 6.42 Å². The van der Waals surface area contributed by atoms with Crippen LogP contribution in [0.4, 0.5) is 8.78 Å². The zero-order chi connectivity index (χ0) is 15.5. The van der Waals surface area contributed by atoms with Gasteiger partial charge in [0.05, 0.1) is 0 Å². The highest BCUT2D eigenvalue weighted by Gasteiger charge is 2.35. The Labute approximate surface area is 126 Å². The van der Waals surface area contributed by atoms with Crippen molar-refractivity contribution in [1.82, 2.24) is 10.2 Å². The van der Waals surface area contributed by atoms with Crippen LogP contribution < -0.4 is 5.32 Å². The first-order valence-electron chi connectivity index (χ1n) is 7.81. The van der Waals surface area contributed by atoms with E-state index in [0.29, 0.717) is 6.42 Å². The van der Waals surface area contributed by atoms with Crippen molar-refractivity contribution in [3.8, 4) is 0 Å². The maximum absolute atomic E-state index is 13.4. The second-order valence-electron chi connectivity index (χ2n) is 6.50. The van der Waals surface area contributed by atoms with Gasteiger partial charge in [-0.15, -0.1) is 0 Å². The number of likely N-dealkylation sites (tertiary alicyclic amines) is 1. The standard InChI is InChI=1S/C17H26F2N2/c1-17(2,21-9-5-4-6-10-21)16(20-3)12-13-7-8-14(18)15(19)11-13/h7-8,11,16,20H,4-6,9-10,12H2,1-3H3. The molecule has 2 nitrogen and oxygen atoms in total. The highest BCUT2D eigenvalue weighted by atomic mass is 19.2. The SMILES string of the molecule is CNC(Cc1ccc(F)c(F)c1)C(C)(C)N1CCCCC1. The van der Waals surface area contributed by atoms with Gasteiger partial charge in [-0.2, -0.15) is 0 Å². The molecule has 0 bridgehead atoms. The summed E-state index contributed by atoms with van der Waals surface area (Å²) in [6.07, 6.45) is 4.48. The van der Waals surface area contributed by atoms with E-state index < -0.39 is 11.6 Å². The highest BCUT2D eigenvalue weighted by Crippen LogP contribution is 2.26. The minimum absolute atomic E-state index is 0.0139. The molecule has 0 amide bonds. The van der Waals surface area contributed by atoms with Crippen LogP contribution in [0.15, 0.2) is 18.2 Å². The number of hydrogen-bond donors (Lipinski definition) is 1. The molecule has 1 saturated heterocycles. The van der Waals surface area contributed by atoms with Crippen LogP contribution in [0.5, 0.6) is 0 Å². The Morgan fingerprint density at radius 2 is 1.81 bits per heavy atom. The molecular weight excluding hydrogens is 270 g/mol. The molecule has 118 valence electrons. The molecule has 1 atom stereocenters. The summed E-state index contributed by atoms with van der Waals surface area (Å²) in [5.74, 6) is -1.55. The molecule has 1 aliphatic rings. The van der Waals surface area contributed by atoms with Crippen molar-refractivity contribution in [2.24, 2.45) is 0 Å². The largest absolute Gasteiger partial charge is 0.315 e. The summed E-state index contributed by atoms with van der Waals surface area (Å²) >= 11 is 0. The van der Waals surface area contributed by atoms with E-state index in [-0.39, 0.29) is 11.6 Å². The molecule has 1 aromatic rings. The Morgan fingerprint density at radius 3 is 2.38 bits per heavy atom. The van der Waals surface area contributed by atoms with Crippen molar-refractivity contribution in [3.63, 3.8) is 0 Å². The topological polar surface area (TPSA) is 15.3 Å². The molecule has 0 radical (unpaired) electrons. The molecule has 21 heavy (non-hydrogen) atoms. The van der Waals surface area contributed by atoms with E-state index in [9.17, 15) is 8.78 Å². The molecular formula is C17H26F2N2. The Hall–Kier alpha value is -1.00. The van der Waals surface area contributed by atoms with Crippen molar-refractivity contribution in [3.05, 3.63) is 35.4 Å². The van der Waals surface area contributed by atoms with E-state index in [1.807, 2.05) is 7.05 Å². The van der Waals surface area contributed by atoms with Crippen LogP contribution in [0.3, 0.4) is 0 Å². The fourth-order valence-electron chi connectivity index (χ4n) is 3.30. The third-order valence-electron chi connectivity index (χ3n) is 4.80. The lowest BCUT2D eigenvalue weighted by Crippen LogP contribution is -2.59. The molecule has 2 rings (SSSR count). The summed E-state index contributed by atoms with van der Waals surface area (Å²) < 4.78 is 26.4. The highest BCUT2D eigenvalue weighted by molar-refractivity contribution is 5.20. The smallest absolute Gasteiger partial charge is 0.159 e. The summed E-state index contributed by atoms with van der Waals surface area (Å²) in [7, 11) is 1.94. The van der Waals surface area contributed by atoms with Crippen LogP contribution >= 0.6 is 0 Å². The van der Waals surface area contributed by atoms with Crippen molar-refractivity contribution in [2.45, 2.75) is 51.1 Å². The molecule has 0 spiro atoms. The molecule has 0 aliphatic carbocycles. The normalized spacial score (nSPS) is 18.7. The average Bonchev–Trinajstić information content (AvgIpc) is 2.49. The second kappa shape index (κ2) is 6.84. The third-order valence-corrected chi connectivity index (χ3v) is 4.80. The molecule has 1 aromatic carbocycles. The Balaban J connectivity index is 2.12. The van der Waals surface area contributed by atoms with Gasteiger partial charge in [-0.1, -0.05) is 12.5 Å². The maximum Gasteiger partial charge on any atom is 0.159 e. The number of halogens is 2. The first-order valence-corrected chi connectivity index (χ1v) is 7.81. The van der Waals surface area contributed by atoms with E-state index in [0.717, 1.165) is 18.7 Å². The first kappa shape index (κ1) is 16.4. The zero-order valence-electron chi connectivity index (χ0n) is 13.3. The van der Waals surface area contributed by atoms with Gasteiger partial charge in [0.2, 0.25) is 0 Å². The Bertz CT molecular complexity index is 468. The zero-order valence-corrected chi connectivity index (χ0v) is 13.3. The van der Waals surface area contributed by atoms with Crippen LogP contribution in [0.2, 0.25) is 0 Å². The van der Waals surface area contributed by atoms with E-state index in [1.165, 1.54) is 31.4 Å². The van der Waals surface area contributed by atoms with Gasteiger partial charge >= 0.3 is 0 Å². The molecule has 1 unspecified atom stereocenters. The predicted molar refractivity (Wildman–Crippen MR) is 82.4 cm³/mol. The van der Waals surface area contributed by atoms with E-state index in [4.69, 9.17) is 0 Å². The lowest BCUT2D eigenvalue weighted by atomic mass is 9.86. The van der Waals surface area contributed by atoms with Crippen LogP contribution in [-0.4, -0.2) is 36.6 Å². The van der Waals surface area contributed by atoms with Gasteiger partial charge < -0.3 is 5.32 Å². The van der Waals surface area contributed by atoms with Crippen LogP contribution in [0.1, 0.15) is 38.7 Å². The van der Waals surface area contributed by atoms with E-state index >= 15 is 0 Å². The van der Waals surface area contributed by atoms with Crippen molar-refractivity contribution in [1.29, 1.82) is 0 Å².